The Balaban J connectivity index is 1.53. The van der Waals surface area contributed by atoms with Crippen LogP contribution in [0.2, 0.25) is 0 Å². The number of rotatable bonds is 2. The Labute approximate surface area is 192 Å². The second-order valence-electron chi connectivity index (χ2n) is 8.45. The maximum atomic E-state index is 12.9. The van der Waals surface area contributed by atoms with Crippen molar-refractivity contribution in [3.63, 3.8) is 0 Å². The second-order valence-corrected chi connectivity index (χ2v) is 9.56. The van der Waals surface area contributed by atoms with Crippen molar-refractivity contribution < 1.29 is 0 Å². The summed E-state index contributed by atoms with van der Waals surface area (Å²) in [5.41, 5.74) is 5.35. The van der Waals surface area contributed by atoms with Crippen molar-refractivity contribution in [2.75, 3.05) is 0 Å². The monoisotopic (exact) mass is 449 g/mol. The van der Waals surface area contributed by atoms with E-state index < -0.39 is 0 Å². The van der Waals surface area contributed by atoms with Gasteiger partial charge in [0.15, 0.2) is 11.5 Å². The van der Waals surface area contributed by atoms with Gasteiger partial charge in [-0.15, -0.1) is 16.4 Å². The predicted octanol–water partition coefficient (Wildman–Crippen LogP) is 5.39. The number of aromatic nitrogens is 5. The first-order valence-corrected chi connectivity index (χ1v) is 12.0. The molecule has 0 saturated carbocycles. The summed E-state index contributed by atoms with van der Waals surface area (Å²) >= 11 is 1.69. The number of nitrogens with one attached hydrogen (secondary N) is 1. The zero-order valence-corrected chi connectivity index (χ0v) is 18.5. The Morgan fingerprint density at radius 2 is 1.76 bits per heavy atom. The van der Waals surface area contributed by atoms with E-state index in [4.69, 9.17) is 9.97 Å². The van der Waals surface area contributed by atoms with E-state index in [1.807, 2.05) is 60.7 Å². The molecule has 6 aromatic rings. The van der Waals surface area contributed by atoms with Gasteiger partial charge in [0.2, 0.25) is 0 Å². The van der Waals surface area contributed by atoms with E-state index in [0.717, 1.165) is 50.8 Å². The highest BCUT2D eigenvalue weighted by Gasteiger charge is 2.22. The van der Waals surface area contributed by atoms with E-state index in [-0.39, 0.29) is 5.69 Å². The Hall–Kier alpha value is -3.84. The van der Waals surface area contributed by atoms with Crippen LogP contribution in [0.1, 0.15) is 23.3 Å². The molecular formula is C26H19N5OS. The Morgan fingerprint density at radius 1 is 0.939 bits per heavy atom. The highest BCUT2D eigenvalue weighted by molar-refractivity contribution is 7.19. The lowest BCUT2D eigenvalue weighted by Crippen LogP contribution is -2.17. The van der Waals surface area contributed by atoms with Gasteiger partial charge in [-0.2, -0.15) is 4.52 Å². The molecule has 6 nitrogen and oxygen atoms in total. The molecule has 1 N–H and O–H groups in total. The van der Waals surface area contributed by atoms with E-state index in [9.17, 15) is 4.79 Å². The fraction of sp³-hybridized carbons (Fsp3) is 0.154. The van der Waals surface area contributed by atoms with Crippen LogP contribution >= 0.6 is 11.3 Å². The van der Waals surface area contributed by atoms with Gasteiger partial charge >= 0.3 is 5.69 Å². The topological polar surface area (TPSA) is 75.9 Å². The standard InChI is InChI=1S/C26H19N5OS/c32-26-29-25-22(17-11-5-7-13-21(17)33-25)24-28-23(30-31(24)26)18-14-20(15-8-2-1-3-9-15)27-19-12-6-4-10-16(18)19/h1-4,6,8-10,12,14H,5,7,11,13H2,(H,29,32). The number of nitrogens with zero attached hydrogens (tertiary/aromatic N) is 4. The van der Waals surface area contributed by atoms with Crippen LogP contribution in [0.5, 0.6) is 0 Å². The summed E-state index contributed by atoms with van der Waals surface area (Å²) in [5.74, 6) is 0.541. The quantitative estimate of drug-likeness (QED) is 0.384. The van der Waals surface area contributed by atoms with Crippen LogP contribution in [0, 0.1) is 0 Å². The summed E-state index contributed by atoms with van der Waals surface area (Å²) in [6.45, 7) is 0. The Kier molecular flexibility index (Phi) is 4.01. The first-order valence-electron chi connectivity index (χ1n) is 11.2. The molecule has 33 heavy (non-hydrogen) atoms. The van der Waals surface area contributed by atoms with Gasteiger partial charge in [-0.05, 0) is 43.4 Å². The number of hydrogen-bond acceptors (Lipinski definition) is 5. The molecule has 0 spiro atoms. The molecule has 0 aliphatic heterocycles. The van der Waals surface area contributed by atoms with Crippen molar-refractivity contribution >= 4 is 38.1 Å². The van der Waals surface area contributed by atoms with Crippen LogP contribution in [-0.4, -0.2) is 24.6 Å². The van der Waals surface area contributed by atoms with Gasteiger partial charge in [0.05, 0.1) is 16.6 Å². The molecule has 4 aromatic heterocycles. The molecule has 0 atom stereocenters. The summed E-state index contributed by atoms with van der Waals surface area (Å²) < 4.78 is 1.43. The zero-order chi connectivity index (χ0) is 21.9. The molecular weight excluding hydrogens is 430 g/mol. The first kappa shape index (κ1) is 18.7. The lowest BCUT2D eigenvalue weighted by molar-refractivity contribution is 0.700. The maximum absolute atomic E-state index is 12.9. The highest BCUT2D eigenvalue weighted by atomic mass is 32.1. The Bertz CT molecular complexity index is 1750. The van der Waals surface area contributed by atoms with Gasteiger partial charge in [0, 0.05) is 21.4 Å². The van der Waals surface area contributed by atoms with Crippen molar-refractivity contribution in [3.05, 3.63) is 81.6 Å². The summed E-state index contributed by atoms with van der Waals surface area (Å²) in [6, 6.07) is 20.1. The molecule has 1 aliphatic rings. The molecule has 0 amide bonds. The van der Waals surface area contributed by atoms with Crippen LogP contribution in [0.3, 0.4) is 0 Å². The summed E-state index contributed by atoms with van der Waals surface area (Å²) in [4.78, 5) is 28.0. The van der Waals surface area contributed by atoms with Crippen molar-refractivity contribution in [2.24, 2.45) is 0 Å². The second kappa shape index (κ2) is 7.08. The fourth-order valence-electron chi connectivity index (χ4n) is 4.89. The van der Waals surface area contributed by atoms with Gasteiger partial charge in [-0.1, -0.05) is 48.5 Å². The number of H-pyrrole nitrogens is 1. The fourth-order valence-corrected chi connectivity index (χ4v) is 6.16. The van der Waals surface area contributed by atoms with Crippen LogP contribution in [0.25, 0.3) is 49.4 Å². The number of fused-ring (bicyclic) bond motifs is 6. The molecule has 0 fully saturated rings. The lowest BCUT2D eigenvalue weighted by atomic mass is 9.97. The van der Waals surface area contributed by atoms with Crippen LogP contribution in [0.15, 0.2) is 65.5 Å². The number of aromatic amines is 1. The van der Waals surface area contributed by atoms with E-state index in [2.05, 4.69) is 10.1 Å². The van der Waals surface area contributed by atoms with Crippen LogP contribution in [0.4, 0.5) is 0 Å². The van der Waals surface area contributed by atoms with E-state index in [0.29, 0.717) is 11.5 Å². The minimum Gasteiger partial charge on any atom is -0.297 e. The molecule has 7 rings (SSSR count). The third kappa shape index (κ3) is 2.85. The van der Waals surface area contributed by atoms with Crippen molar-refractivity contribution in [1.29, 1.82) is 0 Å². The first-order chi connectivity index (χ1) is 16.3. The lowest BCUT2D eigenvalue weighted by Gasteiger charge is -2.09. The minimum atomic E-state index is -0.253. The molecule has 0 radical (unpaired) electrons. The Morgan fingerprint density at radius 3 is 2.67 bits per heavy atom. The molecule has 0 saturated heterocycles. The van der Waals surface area contributed by atoms with Crippen molar-refractivity contribution in [2.45, 2.75) is 25.7 Å². The molecule has 2 aromatic carbocycles. The van der Waals surface area contributed by atoms with Crippen LogP contribution in [-0.2, 0) is 12.8 Å². The number of benzene rings is 2. The molecule has 0 unspecified atom stereocenters. The molecule has 7 heteroatoms. The molecule has 4 heterocycles. The zero-order valence-electron chi connectivity index (χ0n) is 17.7. The average Bonchev–Trinajstić information content (AvgIpc) is 3.46. The van der Waals surface area contributed by atoms with E-state index in [1.54, 1.807) is 11.3 Å². The number of para-hydroxylation sites is 1. The third-order valence-corrected chi connectivity index (χ3v) is 7.65. The smallest absolute Gasteiger partial charge is 0.297 e. The van der Waals surface area contributed by atoms with Gasteiger partial charge in [0.25, 0.3) is 0 Å². The largest absolute Gasteiger partial charge is 0.349 e. The minimum absolute atomic E-state index is 0.253. The van der Waals surface area contributed by atoms with Gasteiger partial charge in [-0.3, -0.25) is 4.98 Å². The van der Waals surface area contributed by atoms with E-state index >= 15 is 0 Å². The number of pyridine rings is 1. The summed E-state index contributed by atoms with van der Waals surface area (Å²) in [5, 5.41) is 6.70. The summed E-state index contributed by atoms with van der Waals surface area (Å²) in [7, 11) is 0. The average molecular weight is 450 g/mol. The predicted molar refractivity (Wildman–Crippen MR) is 132 cm³/mol. The molecule has 1 aliphatic carbocycles. The summed E-state index contributed by atoms with van der Waals surface area (Å²) in [6.07, 6.45) is 4.46. The van der Waals surface area contributed by atoms with E-state index in [1.165, 1.54) is 27.8 Å². The molecule has 160 valence electrons. The van der Waals surface area contributed by atoms with Crippen LogP contribution < -0.4 is 5.69 Å². The SMILES string of the molecule is O=c1[nH]c2sc3c(c2c2nc(-c4cc(-c5ccccc5)nc5ccccc45)nn12)CCCC3. The molecule has 0 bridgehead atoms. The number of aryl methyl sites for hydroxylation is 2. The van der Waals surface area contributed by atoms with Crippen molar-refractivity contribution in [1.82, 2.24) is 24.6 Å². The highest BCUT2D eigenvalue weighted by Crippen LogP contribution is 2.37. The third-order valence-electron chi connectivity index (χ3n) is 6.44. The van der Waals surface area contributed by atoms with Crippen molar-refractivity contribution in [3.8, 4) is 22.6 Å². The van der Waals surface area contributed by atoms with Gasteiger partial charge in [0.1, 0.15) is 4.83 Å². The normalized spacial score (nSPS) is 13.7. The van der Waals surface area contributed by atoms with Gasteiger partial charge < -0.3 is 0 Å². The van der Waals surface area contributed by atoms with Gasteiger partial charge in [-0.25, -0.2) is 14.8 Å². The number of thiophene rings is 1. The number of hydrogen-bond donors (Lipinski definition) is 1. The maximum Gasteiger partial charge on any atom is 0.349 e.